The molecule has 22 heavy (non-hydrogen) atoms. The van der Waals surface area contributed by atoms with Crippen molar-refractivity contribution in [2.24, 2.45) is 23.7 Å². The van der Waals surface area contributed by atoms with Crippen molar-refractivity contribution in [3.05, 3.63) is 11.6 Å². The minimum atomic E-state index is -2.53. The first-order valence-corrected chi connectivity index (χ1v) is 9.60. The predicted molar refractivity (Wildman–Crippen MR) is 78.6 cm³/mol. The van der Waals surface area contributed by atoms with E-state index < -0.39 is 8.80 Å². The van der Waals surface area contributed by atoms with Crippen LogP contribution < -0.4 is 0 Å². The van der Waals surface area contributed by atoms with Crippen LogP contribution in [0, 0.1) is 23.7 Å². The molecule has 1 aliphatic heterocycles. The monoisotopic (exact) mass is 326 g/mol. The summed E-state index contributed by atoms with van der Waals surface area (Å²) in [5, 5.41) is 0. The molecule has 6 nitrogen and oxygen atoms in total. The zero-order chi connectivity index (χ0) is 15.9. The largest absolute Gasteiger partial charge is 0.500 e. The lowest BCUT2D eigenvalue weighted by molar-refractivity contribution is -0.154. The van der Waals surface area contributed by atoms with Crippen LogP contribution in [0.1, 0.15) is 19.3 Å². The molecule has 3 rings (SSSR count). The van der Waals surface area contributed by atoms with Gasteiger partial charge in [0, 0.05) is 27.4 Å². The molecule has 1 saturated heterocycles. The van der Waals surface area contributed by atoms with E-state index >= 15 is 0 Å². The summed E-state index contributed by atoms with van der Waals surface area (Å²) in [5.41, 5.74) is 1.28. The molecule has 0 N–H and O–H groups in total. The molecule has 2 bridgehead atoms. The fraction of sp³-hybridized carbons (Fsp3) is 0.733. The van der Waals surface area contributed by atoms with Crippen molar-refractivity contribution in [2.75, 3.05) is 21.3 Å². The maximum Gasteiger partial charge on any atom is 0.500 e. The van der Waals surface area contributed by atoms with Crippen LogP contribution in [0.15, 0.2) is 11.6 Å². The Morgan fingerprint density at radius 1 is 1.14 bits per heavy atom. The Labute approximate surface area is 131 Å². The summed E-state index contributed by atoms with van der Waals surface area (Å²) in [5.74, 6) is -0.779. The molecule has 0 radical (unpaired) electrons. The van der Waals surface area contributed by atoms with Gasteiger partial charge in [-0.25, -0.2) is 0 Å². The Morgan fingerprint density at radius 3 is 2.41 bits per heavy atom. The van der Waals surface area contributed by atoms with E-state index in [0.29, 0.717) is 0 Å². The van der Waals surface area contributed by atoms with Gasteiger partial charge in [-0.15, -0.1) is 0 Å². The second kappa shape index (κ2) is 5.88. The number of esters is 2. The van der Waals surface area contributed by atoms with Crippen LogP contribution in [0.5, 0.6) is 0 Å². The number of fused-ring (bicyclic) bond motifs is 5. The van der Waals surface area contributed by atoms with E-state index in [1.807, 2.05) is 0 Å². The highest BCUT2D eigenvalue weighted by molar-refractivity contribution is 6.60. The fourth-order valence-electron chi connectivity index (χ4n) is 4.26. The summed E-state index contributed by atoms with van der Waals surface area (Å²) in [4.78, 5) is 23.6. The molecule has 2 fully saturated rings. The van der Waals surface area contributed by atoms with Crippen molar-refractivity contribution in [3.8, 4) is 0 Å². The second-order valence-electron chi connectivity index (χ2n) is 6.19. The normalized spacial score (nSPS) is 33.1. The van der Waals surface area contributed by atoms with Crippen molar-refractivity contribution in [1.29, 1.82) is 0 Å². The molecule has 0 aromatic carbocycles. The van der Waals surface area contributed by atoms with Crippen LogP contribution in [0.2, 0.25) is 6.04 Å². The van der Waals surface area contributed by atoms with Gasteiger partial charge in [0.2, 0.25) is 0 Å². The fourth-order valence-corrected chi connectivity index (χ4v) is 5.98. The molecule has 1 heterocycles. The van der Waals surface area contributed by atoms with Crippen LogP contribution in [-0.4, -0.2) is 42.1 Å². The average molecular weight is 326 g/mol. The van der Waals surface area contributed by atoms with Gasteiger partial charge in [0.15, 0.2) is 0 Å². The molecular weight excluding hydrogens is 304 g/mol. The Hall–Kier alpha value is -1.02. The third-order valence-corrected chi connectivity index (χ3v) is 8.17. The van der Waals surface area contributed by atoms with Gasteiger partial charge < -0.3 is 18.0 Å². The topological polar surface area (TPSA) is 71.1 Å². The number of hydrogen-bond acceptors (Lipinski definition) is 6. The molecular formula is C15H22O6Si. The van der Waals surface area contributed by atoms with Gasteiger partial charge in [0.25, 0.3) is 0 Å². The molecule has 0 spiro atoms. The smallest absolute Gasteiger partial charge is 0.393 e. The number of carbonyl (C=O) groups is 2. The molecule has 7 heteroatoms. The third kappa shape index (κ3) is 2.36. The van der Waals surface area contributed by atoms with Gasteiger partial charge in [-0.1, -0.05) is 11.6 Å². The highest BCUT2D eigenvalue weighted by Crippen LogP contribution is 2.55. The lowest BCUT2D eigenvalue weighted by atomic mass is 9.80. The number of rotatable bonds is 7. The standard InChI is InChI=1S/C15H22O6Si/c1-18-22(19-2,20-3)6-4-5-9-7-10-8-11(9)13-12(10)14(16)21-15(13)17/h7,10-13H,4-6,8H2,1-3H3. The third-order valence-electron chi connectivity index (χ3n) is 5.34. The highest BCUT2D eigenvalue weighted by atomic mass is 28.4. The van der Waals surface area contributed by atoms with Gasteiger partial charge in [0.1, 0.15) is 0 Å². The van der Waals surface area contributed by atoms with E-state index in [9.17, 15) is 9.59 Å². The van der Waals surface area contributed by atoms with Crippen LogP contribution in [0.3, 0.4) is 0 Å². The number of allylic oxidation sites excluding steroid dienone is 2. The maximum absolute atomic E-state index is 11.9. The van der Waals surface area contributed by atoms with Gasteiger partial charge >= 0.3 is 20.7 Å². The first-order chi connectivity index (χ1) is 10.5. The molecule has 0 aromatic rings. The zero-order valence-electron chi connectivity index (χ0n) is 13.2. The quantitative estimate of drug-likeness (QED) is 0.306. The molecule has 0 amide bonds. The molecule has 4 unspecified atom stereocenters. The number of hydrogen-bond donors (Lipinski definition) is 0. The average Bonchev–Trinajstić information content (AvgIpc) is 3.17. The van der Waals surface area contributed by atoms with Gasteiger partial charge in [0.05, 0.1) is 11.8 Å². The highest BCUT2D eigenvalue weighted by Gasteiger charge is 2.60. The molecule has 3 aliphatic rings. The van der Waals surface area contributed by atoms with Crippen molar-refractivity contribution < 1.29 is 27.6 Å². The van der Waals surface area contributed by atoms with Crippen LogP contribution in [-0.2, 0) is 27.6 Å². The summed E-state index contributed by atoms with van der Waals surface area (Å²) < 4.78 is 21.1. The molecule has 2 aliphatic carbocycles. The van der Waals surface area contributed by atoms with Crippen molar-refractivity contribution >= 4 is 20.7 Å². The van der Waals surface area contributed by atoms with Crippen LogP contribution in [0.4, 0.5) is 0 Å². The second-order valence-corrected chi connectivity index (χ2v) is 9.28. The number of cyclic esters (lactones) is 2. The molecule has 122 valence electrons. The van der Waals surface area contributed by atoms with Crippen molar-refractivity contribution in [1.82, 2.24) is 0 Å². The summed E-state index contributed by atoms with van der Waals surface area (Å²) >= 11 is 0. The summed E-state index contributed by atoms with van der Waals surface area (Å²) in [7, 11) is 2.30. The van der Waals surface area contributed by atoms with Crippen LogP contribution >= 0.6 is 0 Å². The molecule has 1 saturated carbocycles. The zero-order valence-corrected chi connectivity index (χ0v) is 14.2. The lowest BCUT2D eigenvalue weighted by Gasteiger charge is -2.25. The van der Waals surface area contributed by atoms with Crippen molar-refractivity contribution in [2.45, 2.75) is 25.3 Å². The lowest BCUT2D eigenvalue weighted by Crippen LogP contribution is -2.42. The minimum absolute atomic E-state index is 0.178. The maximum atomic E-state index is 11.9. The van der Waals surface area contributed by atoms with E-state index in [0.717, 1.165) is 25.3 Å². The number of carbonyl (C=O) groups excluding carboxylic acids is 2. The van der Waals surface area contributed by atoms with Gasteiger partial charge in [-0.3, -0.25) is 9.59 Å². The summed E-state index contributed by atoms with van der Waals surface area (Å²) in [6, 6.07) is 0.739. The Morgan fingerprint density at radius 2 is 1.77 bits per heavy atom. The minimum Gasteiger partial charge on any atom is -0.393 e. The van der Waals surface area contributed by atoms with E-state index in [2.05, 4.69) is 6.08 Å². The number of ether oxygens (including phenoxy) is 1. The van der Waals surface area contributed by atoms with Crippen LogP contribution in [0.25, 0.3) is 0 Å². The summed E-state index contributed by atoms with van der Waals surface area (Å²) in [6.45, 7) is 0. The Balaban J connectivity index is 1.61. The molecule has 0 aromatic heterocycles. The molecule has 4 atom stereocenters. The van der Waals surface area contributed by atoms with Gasteiger partial charge in [-0.05, 0) is 31.1 Å². The Bertz CT molecular complexity index is 504. The van der Waals surface area contributed by atoms with E-state index in [-0.39, 0.29) is 35.6 Å². The Kier molecular flexibility index (Phi) is 4.24. The SMILES string of the molecule is CO[Si](CCCC1=CC2CC1C1C(=O)OC(=O)C21)(OC)OC. The summed E-state index contributed by atoms with van der Waals surface area (Å²) in [6.07, 6.45) is 4.86. The van der Waals surface area contributed by atoms with E-state index in [1.165, 1.54) is 5.57 Å². The first-order valence-electron chi connectivity index (χ1n) is 7.67. The van der Waals surface area contributed by atoms with E-state index in [4.69, 9.17) is 18.0 Å². The van der Waals surface area contributed by atoms with Gasteiger partial charge in [-0.2, -0.15) is 0 Å². The predicted octanol–water partition coefficient (Wildman–Crippen LogP) is 1.54. The first kappa shape index (κ1) is 15.9. The van der Waals surface area contributed by atoms with E-state index in [1.54, 1.807) is 21.3 Å². The van der Waals surface area contributed by atoms with Crippen molar-refractivity contribution in [3.63, 3.8) is 0 Å².